The first kappa shape index (κ1) is 14.6. The Morgan fingerprint density at radius 3 is 3.04 bits per heavy atom. The van der Waals surface area contributed by atoms with Crippen molar-refractivity contribution in [2.24, 2.45) is 0 Å². The van der Waals surface area contributed by atoms with Crippen LogP contribution in [0.1, 0.15) is 49.5 Å². The number of morpholine rings is 1. The van der Waals surface area contributed by atoms with E-state index in [1.165, 1.54) is 0 Å². The van der Waals surface area contributed by atoms with Crippen molar-refractivity contribution in [1.82, 2.24) is 19.7 Å². The van der Waals surface area contributed by atoms with Crippen LogP contribution in [0.5, 0.6) is 0 Å². The molecule has 4 rings (SSSR count). The fraction of sp³-hybridized carbons (Fsp3) is 0.588. The minimum atomic E-state index is 0.0666. The molecule has 122 valence electrons. The van der Waals surface area contributed by atoms with E-state index in [4.69, 9.17) is 4.74 Å². The Labute approximate surface area is 135 Å². The quantitative estimate of drug-likeness (QED) is 0.854. The van der Waals surface area contributed by atoms with Crippen LogP contribution in [0, 0.1) is 0 Å². The molecule has 2 aromatic heterocycles. The molecular weight excluding hydrogens is 292 g/mol. The van der Waals surface area contributed by atoms with Crippen molar-refractivity contribution in [2.45, 2.75) is 51.3 Å². The molecule has 2 aromatic rings. The lowest BCUT2D eigenvalue weighted by atomic mass is 10.1. The van der Waals surface area contributed by atoms with E-state index in [0.29, 0.717) is 18.7 Å². The van der Waals surface area contributed by atoms with E-state index >= 15 is 0 Å². The van der Waals surface area contributed by atoms with E-state index < -0.39 is 0 Å². The SMILES string of the molecule is CC(C)n1ncc2cc(C(=O)N3CCO[C@@H]4CCC[C@H]43)cnc21. The van der Waals surface area contributed by atoms with Gasteiger partial charge in [0.05, 0.1) is 30.5 Å². The Hall–Kier alpha value is -1.95. The molecular formula is C17H22N4O2. The molecule has 0 unspecified atom stereocenters. The third-order valence-corrected chi connectivity index (χ3v) is 4.91. The summed E-state index contributed by atoms with van der Waals surface area (Å²) in [4.78, 5) is 19.4. The summed E-state index contributed by atoms with van der Waals surface area (Å²) < 4.78 is 7.68. The van der Waals surface area contributed by atoms with Gasteiger partial charge < -0.3 is 9.64 Å². The second-order valence-corrected chi connectivity index (χ2v) is 6.73. The lowest BCUT2D eigenvalue weighted by Gasteiger charge is -2.37. The molecule has 1 aliphatic heterocycles. The Bertz CT molecular complexity index is 739. The molecule has 0 spiro atoms. The number of ether oxygens (including phenoxy) is 1. The first-order valence-corrected chi connectivity index (χ1v) is 8.41. The zero-order chi connectivity index (χ0) is 16.0. The van der Waals surface area contributed by atoms with E-state index in [0.717, 1.165) is 30.3 Å². The van der Waals surface area contributed by atoms with Crippen LogP contribution in [-0.4, -0.2) is 50.9 Å². The maximum absolute atomic E-state index is 12.9. The van der Waals surface area contributed by atoms with Gasteiger partial charge in [0.1, 0.15) is 0 Å². The standard InChI is InChI=1S/C17H22N4O2/c1-11(2)21-16-12(10-19-21)8-13(9-18-16)17(22)20-6-7-23-15-5-3-4-14(15)20/h8-11,14-15H,3-7H2,1-2H3/t14-,15-/m1/s1. The Morgan fingerprint density at radius 2 is 2.22 bits per heavy atom. The molecule has 1 saturated carbocycles. The van der Waals surface area contributed by atoms with Crippen LogP contribution in [0.2, 0.25) is 0 Å². The number of fused-ring (bicyclic) bond motifs is 2. The van der Waals surface area contributed by atoms with Gasteiger partial charge >= 0.3 is 0 Å². The summed E-state index contributed by atoms with van der Waals surface area (Å²) in [5.41, 5.74) is 1.48. The number of hydrogen-bond acceptors (Lipinski definition) is 4. The number of hydrogen-bond donors (Lipinski definition) is 0. The van der Waals surface area contributed by atoms with Crippen LogP contribution >= 0.6 is 0 Å². The van der Waals surface area contributed by atoms with E-state index in [-0.39, 0.29) is 24.1 Å². The molecule has 6 heteroatoms. The van der Waals surface area contributed by atoms with Gasteiger partial charge in [-0.3, -0.25) is 4.79 Å². The summed E-state index contributed by atoms with van der Waals surface area (Å²) in [5, 5.41) is 5.29. The van der Waals surface area contributed by atoms with Crippen LogP contribution in [0.15, 0.2) is 18.5 Å². The summed E-state index contributed by atoms with van der Waals surface area (Å²) in [6.45, 7) is 5.44. The normalized spacial score (nSPS) is 24.4. The van der Waals surface area contributed by atoms with Gasteiger partial charge in [0.15, 0.2) is 5.65 Å². The minimum absolute atomic E-state index is 0.0666. The maximum Gasteiger partial charge on any atom is 0.255 e. The molecule has 6 nitrogen and oxygen atoms in total. The lowest BCUT2D eigenvalue weighted by Crippen LogP contribution is -2.51. The number of nitrogens with zero attached hydrogens (tertiary/aromatic N) is 4. The number of amides is 1. The second kappa shape index (κ2) is 5.60. The average molecular weight is 314 g/mol. The van der Waals surface area contributed by atoms with Crippen molar-refractivity contribution >= 4 is 16.9 Å². The average Bonchev–Trinajstić information content (AvgIpc) is 3.19. The van der Waals surface area contributed by atoms with Crippen molar-refractivity contribution in [3.63, 3.8) is 0 Å². The van der Waals surface area contributed by atoms with Crippen LogP contribution in [-0.2, 0) is 4.74 Å². The topological polar surface area (TPSA) is 60.2 Å². The monoisotopic (exact) mass is 314 g/mol. The first-order chi connectivity index (χ1) is 11.1. The number of carbonyl (C=O) groups excluding carboxylic acids is 1. The van der Waals surface area contributed by atoms with Crippen molar-refractivity contribution in [3.8, 4) is 0 Å². The molecule has 2 atom stereocenters. The molecule has 0 N–H and O–H groups in total. The number of carbonyl (C=O) groups is 1. The van der Waals surface area contributed by atoms with Crippen molar-refractivity contribution < 1.29 is 9.53 Å². The molecule has 1 saturated heterocycles. The predicted molar refractivity (Wildman–Crippen MR) is 86.3 cm³/mol. The van der Waals surface area contributed by atoms with Gasteiger partial charge in [0.25, 0.3) is 5.91 Å². The van der Waals surface area contributed by atoms with Gasteiger partial charge in [-0.1, -0.05) is 0 Å². The molecule has 0 radical (unpaired) electrons. The molecule has 0 aromatic carbocycles. The smallest absolute Gasteiger partial charge is 0.255 e. The molecule has 1 amide bonds. The Balaban J connectivity index is 1.64. The van der Waals surface area contributed by atoms with Gasteiger partial charge in [-0.15, -0.1) is 0 Å². The van der Waals surface area contributed by atoms with E-state index in [1.54, 1.807) is 12.4 Å². The fourth-order valence-electron chi connectivity index (χ4n) is 3.78. The van der Waals surface area contributed by atoms with Crippen LogP contribution in [0.25, 0.3) is 11.0 Å². The first-order valence-electron chi connectivity index (χ1n) is 8.41. The predicted octanol–water partition coefficient (Wildman–Crippen LogP) is 2.41. The number of rotatable bonds is 2. The Kier molecular flexibility index (Phi) is 3.56. The molecule has 3 heterocycles. The van der Waals surface area contributed by atoms with Crippen molar-refractivity contribution in [3.05, 3.63) is 24.0 Å². The summed E-state index contributed by atoms with van der Waals surface area (Å²) in [6, 6.07) is 2.39. The molecule has 2 aliphatic rings. The molecule has 2 fully saturated rings. The van der Waals surface area contributed by atoms with E-state index in [1.807, 2.05) is 15.6 Å². The molecule has 23 heavy (non-hydrogen) atoms. The van der Waals surface area contributed by atoms with Gasteiger partial charge in [0.2, 0.25) is 0 Å². The fourth-order valence-corrected chi connectivity index (χ4v) is 3.78. The van der Waals surface area contributed by atoms with Crippen molar-refractivity contribution in [2.75, 3.05) is 13.2 Å². The van der Waals surface area contributed by atoms with Crippen molar-refractivity contribution in [1.29, 1.82) is 0 Å². The van der Waals surface area contributed by atoms with Gasteiger partial charge in [-0.25, -0.2) is 9.67 Å². The largest absolute Gasteiger partial charge is 0.374 e. The Morgan fingerprint density at radius 1 is 1.35 bits per heavy atom. The van der Waals surface area contributed by atoms with Gasteiger partial charge in [-0.2, -0.15) is 5.10 Å². The van der Waals surface area contributed by atoms with E-state index in [9.17, 15) is 4.79 Å². The third-order valence-electron chi connectivity index (χ3n) is 4.91. The lowest BCUT2D eigenvalue weighted by molar-refractivity contribution is -0.0445. The minimum Gasteiger partial charge on any atom is -0.374 e. The zero-order valence-electron chi connectivity index (χ0n) is 13.6. The van der Waals surface area contributed by atoms with Crippen LogP contribution < -0.4 is 0 Å². The summed E-state index contributed by atoms with van der Waals surface area (Å²) in [7, 11) is 0. The highest BCUT2D eigenvalue weighted by atomic mass is 16.5. The maximum atomic E-state index is 12.9. The van der Waals surface area contributed by atoms with Crippen LogP contribution in [0.3, 0.4) is 0 Å². The highest BCUT2D eigenvalue weighted by Crippen LogP contribution is 2.30. The van der Waals surface area contributed by atoms with Gasteiger partial charge in [0, 0.05) is 24.2 Å². The third kappa shape index (κ3) is 2.41. The molecule has 0 bridgehead atoms. The van der Waals surface area contributed by atoms with Crippen LogP contribution in [0.4, 0.5) is 0 Å². The summed E-state index contributed by atoms with van der Waals surface area (Å²) in [5.74, 6) is 0.0666. The zero-order valence-corrected chi connectivity index (χ0v) is 13.6. The highest BCUT2D eigenvalue weighted by molar-refractivity contribution is 5.97. The second-order valence-electron chi connectivity index (χ2n) is 6.73. The number of pyridine rings is 1. The summed E-state index contributed by atoms with van der Waals surface area (Å²) in [6.07, 6.45) is 6.93. The summed E-state index contributed by atoms with van der Waals surface area (Å²) >= 11 is 0. The highest BCUT2D eigenvalue weighted by Gasteiger charge is 2.38. The van der Waals surface area contributed by atoms with Gasteiger partial charge in [-0.05, 0) is 39.2 Å². The number of aromatic nitrogens is 3. The van der Waals surface area contributed by atoms with E-state index in [2.05, 4.69) is 23.9 Å². The molecule has 1 aliphatic carbocycles.